The first-order valence-electron chi connectivity index (χ1n) is 12.0. The Hall–Kier alpha value is -3.59. The maximum absolute atomic E-state index is 15.3. The molecule has 2 aliphatic heterocycles. The van der Waals surface area contributed by atoms with Crippen molar-refractivity contribution < 1.29 is 31.4 Å². The van der Waals surface area contributed by atoms with Gasteiger partial charge in [0, 0.05) is 13.1 Å². The molecule has 0 aliphatic carbocycles. The Bertz CT molecular complexity index is 1480. The van der Waals surface area contributed by atoms with Crippen molar-refractivity contribution in [3.05, 3.63) is 30.2 Å². The molecule has 0 spiro atoms. The molecule has 1 aromatic carbocycles. The first-order chi connectivity index (χ1) is 18.2. The third kappa shape index (κ3) is 4.49. The standard InChI is InChI=1S/C23H23F5N8O2/c1-37-21-20-19(12-2-3-17-18(6-12)36(33-31-17)11-23(26,27)28)15(25)8-35(20)32-22(30-21)29-16-4-5-34(7-14(16)24)13-9-38-10-13/h2-3,6,8,13-14,16H,4-5,7,9-11H2,1H3,(H,29,32)/t14-,16-/m0/s1. The van der Waals surface area contributed by atoms with Crippen molar-refractivity contribution in [1.82, 2.24) is 34.5 Å². The molecule has 1 N–H and O–H groups in total. The van der Waals surface area contributed by atoms with Gasteiger partial charge < -0.3 is 14.8 Å². The Morgan fingerprint density at radius 3 is 2.74 bits per heavy atom. The van der Waals surface area contributed by atoms with Crippen molar-refractivity contribution in [3.8, 4) is 17.0 Å². The molecule has 2 fully saturated rings. The van der Waals surface area contributed by atoms with Crippen LogP contribution in [0.15, 0.2) is 24.4 Å². The molecule has 0 unspecified atom stereocenters. The van der Waals surface area contributed by atoms with E-state index in [9.17, 15) is 17.6 Å². The maximum Gasteiger partial charge on any atom is 0.408 e. The molecular weight excluding hydrogens is 515 g/mol. The smallest absolute Gasteiger partial charge is 0.408 e. The number of anilines is 1. The second-order valence-electron chi connectivity index (χ2n) is 9.40. The number of rotatable bonds is 6. The van der Waals surface area contributed by atoms with E-state index in [-0.39, 0.29) is 52.1 Å². The number of fused-ring (bicyclic) bond motifs is 2. The molecule has 5 heterocycles. The Kier molecular flexibility index (Phi) is 6.06. The average molecular weight is 538 g/mol. The van der Waals surface area contributed by atoms with E-state index >= 15 is 4.39 Å². The molecule has 2 atom stereocenters. The summed E-state index contributed by atoms with van der Waals surface area (Å²) < 4.78 is 81.7. The summed E-state index contributed by atoms with van der Waals surface area (Å²) in [6.07, 6.45) is -4.05. The Morgan fingerprint density at radius 1 is 1.24 bits per heavy atom. The molecule has 2 saturated heterocycles. The van der Waals surface area contributed by atoms with Crippen LogP contribution in [0.5, 0.6) is 5.88 Å². The van der Waals surface area contributed by atoms with E-state index in [2.05, 4.69) is 30.6 Å². The normalized spacial score (nSPS) is 21.2. The van der Waals surface area contributed by atoms with Crippen LogP contribution in [0.1, 0.15) is 6.42 Å². The summed E-state index contributed by atoms with van der Waals surface area (Å²) in [5, 5.41) is 14.6. The highest BCUT2D eigenvalue weighted by Crippen LogP contribution is 2.36. The van der Waals surface area contributed by atoms with Crippen LogP contribution in [0.3, 0.4) is 0 Å². The van der Waals surface area contributed by atoms with Gasteiger partial charge in [0.25, 0.3) is 0 Å². The number of ether oxygens (including phenoxy) is 2. The number of hydrogen-bond acceptors (Lipinski definition) is 8. The van der Waals surface area contributed by atoms with Gasteiger partial charge in [-0.3, -0.25) is 4.90 Å². The number of hydrogen-bond donors (Lipinski definition) is 1. The van der Waals surface area contributed by atoms with Crippen LogP contribution in [-0.4, -0.2) is 92.3 Å². The van der Waals surface area contributed by atoms with E-state index in [0.717, 1.165) is 6.20 Å². The van der Waals surface area contributed by atoms with Gasteiger partial charge in [-0.1, -0.05) is 11.3 Å². The van der Waals surface area contributed by atoms with Gasteiger partial charge in [-0.05, 0) is 24.1 Å². The number of nitrogens with one attached hydrogen (secondary N) is 1. The SMILES string of the molecule is COc1nc(N[C@H]2CCN(C3COC3)C[C@@H]2F)nn2cc(F)c(-c3ccc4nnn(CC(F)(F)F)c4c3)c12. The van der Waals surface area contributed by atoms with Crippen LogP contribution in [0, 0.1) is 5.82 Å². The Balaban J connectivity index is 1.32. The minimum absolute atomic E-state index is 0.0166. The molecule has 10 nitrogen and oxygen atoms in total. The lowest BCUT2D eigenvalue weighted by Crippen LogP contribution is -2.57. The quantitative estimate of drug-likeness (QED) is 0.375. The van der Waals surface area contributed by atoms with Gasteiger partial charge in [0.15, 0.2) is 5.82 Å². The Morgan fingerprint density at radius 2 is 2.05 bits per heavy atom. The summed E-state index contributed by atoms with van der Waals surface area (Å²) >= 11 is 0. The van der Waals surface area contributed by atoms with Crippen LogP contribution >= 0.6 is 0 Å². The molecule has 202 valence electrons. The molecule has 6 rings (SSSR count). The van der Waals surface area contributed by atoms with Gasteiger partial charge in [-0.2, -0.15) is 18.2 Å². The lowest BCUT2D eigenvalue weighted by atomic mass is 10.0. The monoisotopic (exact) mass is 538 g/mol. The summed E-state index contributed by atoms with van der Waals surface area (Å²) in [6, 6.07) is 4.05. The highest BCUT2D eigenvalue weighted by Gasteiger charge is 2.36. The summed E-state index contributed by atoms with van der Waals surface area (Å²) in [4.78, 5) is 6.40. The molecule has 3 aromatic heterocycles. The number of nitrogens with zero attached hydrogens (tertiary/aromatic N) is 7. The van der Waals surface area contributed by atoms with E-state index < -0.39 is 30.8 Å². The van der Waals surface area contributed by atoms with E-state index in [4.69, 9.17) is 9.47 Å². The molecule has 2 aliphatic rings. The van der Waals surface area contributed by atoms with Crippen molar-refractivity contribution in [2.45, 2.75) is 37.4 Å². The van der Waals surface area contributed by atoms with Gasteiger partial charge in [0.05, 0.1) is 49.7 Å². The van der Waals surface area contributed by atoms with Crippen molar-refractivity contribution >= 4 is 22.5 Å². The highest BCUT2D eigenvalue weighted by molar-refractivity contribution is 5.89. The summed E-state index contributed by atoms with van der Waals surface area (Å²) in [5.74, 6) is -0.613. The third-order valence-electron chi connectivity index (χ3n) is 6.90. The van der Waals surface area contributed by atoms with E-state index in [1.165, 1.54) is 29.8 Å². The van der Waals surface area contributed by atoms with Crippen molar-refractivity contribution in [2.24, 2.45) is 0 Å². The lowest BCUT2D eigenvalue weighted by molar-refractivity contribution is -0.142. The van der Waals surface area contributed by atoms with Gasteiger partial charge >= 0.3 is 6.18 Å². The minimum Gasteiger partial charge on any atom is -0.479 e. The van der Waals surface area contributed by atoms with Gasteiger partial charge in [-0.15, -0.1) is 10.2 Å². The zero-order chi connectivity index (χ0) is 26.6. The average Bonchev–Trinajstić information content (AvgIpc) is 3.37. The van der Waals surface area contributed by atoms with Crippen LogP contribution in [0.25, 0.3) is 27.7 Å². The number of aromatic nitrogens is 6. The molecule has 4 aromatic rings. The number of benzene rings is 1. The van der Waals surface area contributed by atoms with Crippen LogP contribution in [0.2, 0.25) is 0 Å². The predicted octanol–water partition coefficient (Wildman–Crippen LogP) is 3.07. The highest BCUT2D eigenvalue weighted by atomic mass is 19.4. The number of halogens is 5. The number of likely N-dealkylation sites (tertiary alicyclic amines) is 1. The van der Waals surface area contributed by atoms with E-state index in [1.54, 1.807) is 0 Å². The molecule has 0 bridgehead atoms. The topological polar surface area (TPSA) is 94.6 Å². The third-order valence-corrected chi connectivity index (χ3v) is 6.90. The first-order valence-corrected chi connectivity index (χ1v) is 12.0. The maximum atomic E-state index is 15.3. The van der Waals surface area contributed by atoms with Crippen LogP contribution in [0.4, 0.5) is 27.9 Å². The van der Waals surface area contributed by atoms with Crippen molar-refractivity contribution in [3.63, 3.8) is 0 Å². The minimum atomic E-state index is -4.51. The molecule has 0 saturated carbocycles. The number of methoxy groups -OCH3 is 1. The molecule has 0 amide bonds. The Labute approximate surface area is 212 Å². The fourth-order valence-electron chi connectivity index (χ4n) is 4.93. The first kappa shape index (κ1) is 24.7. The van der Waals surface area contributed by atoms with Crippen LogP contribution in [-0.2, 0) is 11.3 Å². The summed E-state index contributed by atoms with van der Waals surface area (Å²) in [7, 11) is 1.35. The number of alkyl halides is 4. The zero-order valence-corrected chi connectivity index (χ0v) is 20.1. The van der Waals surface area contributed by atoms with Gasteiger partial charge in [0.2, 0.25) is 11.8 Å². The molecule has 0 radical (unpaired) electrons. The number of piperidine rings is 1. The fraction of sp³-hybridized carbons (Fsp3) is 0.478. The molecule has 15 heteroatoms. The molecule has 38 heavy (non-hydrogen) atoms. The molecular formula is C23H23F5N8O2. The van der Waals surface area contributed by atoms with Gasteiger partial charge in [-0.25, -0.2) is 18.0 Å². The second kappa shape index (κ2) is 9.31. The van der Waals surface area contributed by atoms with E-state index in [0.29, 0.717) is 30.9 Å². The summed E-state index contributed by atoms with van der Waals surface area (Å²) in [5.41, 5.74) is 0.789. The van der Waals surface area contributed by atoms with Crippen molar-refractivity contribution in [1.29, 1.82) is 0 Å². The zero-order valence-electron chi connectivity index (χ0n) is 20.1. The lowest BCUT2D eigenvalue weighted by Gasteiger charge is -2.42. The van der Waals surface area contributed by atoms with Crippen molar-refractivity contribution in [2.75, 3.05) is 38.7 Å². The second-order valence-corrected chi connectivity index (χ2v) is 9.40. The predicted molar refractivity (Wildman–Crippen MR) is 125 cm³/mol. The fourth-order valence-corrected chi connectivity index (χ4v) is 4.93. The van der Waals surface area contributed by atoms with Gasteiger partial charge in [0.1, 0.15) is 23.7 Å². The van der Waals surface area contributed by atoms with E-state index in [1.807, 2.05) is 0 Å². The largest absolute Gasteiger partial charge is 0.479 e. The summed E-state index contributed by atoms with van der Waals surface area (Å²) in [6.45, 7) is 0.830. The van der Waals surface area contributed by atoms with Crippen LogP contribution < -0.4 is 10.1 Å².